The van der Waals surface area contributed by atoms with E-state index in [4.69, 9.17) is 4.74 Å². The van der Waals surface area contributed by atoms with Gasteiger partial charge in [0.1, 0.15) is 0 Å². The lowest BCUT2D eigenvalue weighted by atomic mass is 10.0. The highest BCUT2D eigenvalue weighted by Gasteiger charge is 2.19. The third-order valence-corrected chi connectivity index (χ3v) is 4.83. The summed E-state index contributed by atoms with van der Waals surface area (Å²) in [7, 11) is 0. The van der Waals surface area contributed by atoms with E-state index in [0.29, 0.717) is 5.25 Å². The average molecular weight is 245 g/mol. The van der Waals surface area contributed by atoms with Crippen molar-refractivity contribution in [1.29, 1.82) is 0 Å². The van der Waals surface area contributed by atoms with Crippen LogP contribution in [0.5, 0.6) is 0 Å². The molecule has 1 aliphatic heterocycles. The standard InChI is InChI=1S/C13H27NOS/c1-5-13(3,4)14-10-11(2)16-12-6-8-15-9-7-12/h11-12,14H,5-10H2,1-4H3. The van der Waals surface area contributed by atoms with Crippen molar-refractivity contribution in [3.8, 4) is 0 Å². The van der Waals surface area contributed by atoms with Gasteiger partial charge in [-0.2, -0.15) is 11.8 Å². The first-order valence-corrected chi connectivity index (χ1v) is 7.46. The fraction of sp³-hybridized carbons (Fsp3) is 1.00. The van der Waals surface area contributed by atoms with E-state index in [2.05, 4.69) is 44.8 Å². The maximum Gasteiger partial charge on any atom is 0.0476 e. The lowest BCUT2D eigenvalue weighted by molar-refractivity contribution is 0.0999. The number of nitrogens with one attached hydrogen (secondary N) is 1. The SMILES string of the molecule is CCC(C)(C)NCC(C)SC1CCOCC1. The molecule has 0 amide bonds. The molecule has 0 radical (unpaired) electrons. The molecule has 1 aliphatic rings. The topological polar surface area (TPSA) is 21.3 Å². The van der Waals surface area contributed by atoms with E-state index in [1.54, 1.807) is 0 Å². The highest BCUT2D eigenvalue weighted by molar-refractivity contribution is 8.00. The minimum atomic E-state index is 0.282. The minimum Gasteiger partial charge on any atom is -0.381 e. The van der Waals surface area contributed by atoms with E-state index in [1.165, 1.54) is 19.3 Å². The molecule has 0 aromatic carbocycles. The minimum absolute atomic E-state index is 0.282. The smallest absolute Gasteiger partial charge is 0.0476 e. The molecule has 1 fully saturated rings. The number of hydrogen-bond acceptors (Lipinski definition) is 3. The Morgan fingerprint density at radius 2 is 2.00 bits per heavy atom. The maximum atomic E-state index is 5.38. The van der Waals surface area contributed by atoms with E-state index in [9.17, 15) is 0 Å². The third-order valence-electron chi connectivity index (χ3n) is 3.35. The first-order chi connectivity index (χ1) is 7.53. The van der Waals surface area contributed by atoms with Crippen LogP contribution >= 0.6 is 11.8 Å². The molecule has 16 heavy (non-hydrogen) atoms. The van der Waals surface area contributed by atoms with E-state index in [-0.39, 0.29) is 5.54 Å². The summed E-state index contributed by atoms with van der Waals surface area (Å²) < 4.78 is 5.38. The van der Waals surface area contributed by atoms with Crippen LogP contribution in [0.15, 0.2) is 0 Å². The van der Waals surface area contributed by atoms with Crippen molar-refractivity contribution >= 4 is 11.8 Å². The van der Waals surface area contributed by atoms with Crippen LogP contribution in [0.2, 0.25) is 0 Å². The molecule has 0 saturated carbocycles. The zero-order valence-corrected chi connectivity index (χ0v) is 12.0. The van der Waals surface area contributed by atoms with Crippen LogP contribution in [0.1, 0.15) is 47.0 Å². The van der Waals surface area contributed by atoms with Gasteiger partial charge in [-0.15, -0.1) is 0 Å². The van der Waals surface area contributed by atoms with Crippen LogP contribution in [0.4, 0.5) is 0 Å². The largest absolute Gasteiger partial charge is 0.381 e. The molecule has 0 aromatic heterocycles. The monoisotopic (exact) mass is 245 g/mol. The van der Waals surface area contributed by atoms with Crippen LogP contribution in [0, 0.1) is 0 Å². The quantitative estimate of drug-likeness (QED) is 0.777. The van der Waals surface area contributed by atoms with Gasteiger partial charge in [-0.05, 0) is 33.1 Å². The molecule has 1 rings (SSSR count). The Balaban J connectivity index is 2.17. The Bertz CT molecular complexity index is 190. The molecular formula is C13H27NOS. The molecule has 1 saturated heterocycles. The Kier molecular flexibility index (Phi) is 6.16. The van der Waals surface area contributed by atoms with Gasteiger partial charge in [-0.3, -0.25) is 0 Å². The van der Waals surface area contributed by atoms with Crippen molar-refractivity contribution in [3.05, 3.63) is 0 Å². The normalized spacial score (nSPS) is 21.0. The molecule has 3 heteroatoms. The zero-order chi connectivity index (χ0) is 12.0. The van der Waals surface area contributed by atoms with Crippen molar-refractivity contribution in [2.45, 2.75) is 63.0 Å². The summed E-state index contributed by atoms with van der Waals surface area (Å²) in [5.74, 6) is 0. The zero-order valence-electron chi connectivity index (χ0n) is 11.2. The fourth-order valence-corrected chi connectivity index (χ4v) is 3.03. The van der Waals surface area contributed by atoms with Crippen LogP contribution in [0.25, 0.3) is 0 Å². The van der Waals surface area contributed by atoms with Gasteiger partial charge in [0.25, 0.3) is 0 Å². The van der Waals surface area contributed by atoms with Crippen LogP contribution < -0.4 is 5.32 Å². The molecule has 1 atom stereocenters. The molecule has 1 unspecified atom stereocenters. The molecule has 0 bridgehead atoms. The summed E-state index contributed by atoms with van der Waals surface area (Å²) in [4.78, 5) is 0. The summed E-state index contributed by atoms with van der Waals surface area (Å²) in [6.45, 7) is 12.2. The van der Waals surface area contributed by atoms with Crippen molar-refractivity contribution in [1.82, 2.24) is 5.32 Å². The molecule has 1 heterocycles. The van der Waals surface area contributed by atoms with Gasteiger partial charge in [-0.1, -0.05) is 13.8 Å². The average Bonchev–Trinajstić information content (AvgIpc) is 2.28. The lowest BCUT2D eigenvalue weighted by Crippen LogP contribution is -2.42. The van der Waals surface area contributed by atoms with Gasteiger partial charge >= 0.3 is 0 Å². The maximum absolute atomic E-state index is 5.38. The number of hydrogen-bond donors (Lipinski definition) is 1. The second-order valence-corrected chi connectivity index (χ2v) is 7.12. The summed E-state index contributed by atoms with van der Waals surface area (Å²) in [6.07, 6.45) is 3.64. The summed E-state index contributed by atoms with van der Waals surface area (Å²) >= 11 is 2.13. The molecule has 0 aromatic rings. The van der Waals surface area contributed by atoms with Gasteiger partial charge in [0.05, 0.1) is 0 Å². The van der Waals surface area contributed by atoms with E-state index in [1.807, 2.05) is 0 Å². The third kappa shape index (κ3) is 5.55. The lowest BCUT2D eigenvalue weighted by Gasteiger charge is -2.29. The summed E-state index contributed by atoms with van der Waals surface area (Å²) in [5, 5.41) is 5.16. The van der Waals surface area contributed by atoms with Gasteiger partial charge in [0.15, 0.2) is 0 Å². The fourth-order valence-electron chi connectivity index (χ4n) is 1.73. The molecular weight excluding hydrogens is 218 g/mol. The number of rotatable bonds is 6. The predicted octanol–water partition coefficient (Wildman–Crippen LogP) is 3.07. The molecule has 0 aliphatic carbocycles. The van der Waals surface area contributed by atoms with Crippen molar-refractivity contribution in [3.63, 3.8) is 0 Å². The van der Waals surface area contributed by atoms with Crippen LogP contribution in [-0.4, -0.2) is 35.8 Å². The summed E-state index contributed by atoms with van der Waals surface area (Å²) in [6, 6.07) is 0. The first kappa shape index (κ1) is 14.3. The van der Waals surface area contributed by atoms with Gasteiger partial charge in [0.2, 0.25) is 0 Å². The van der Waals surface area contributed by atoms with Crippen molar-refractivity contribution in [2.24, 2.45) is 0 Å². The van der Waals surface area contributed by atoms with Crippen LogP contribution in [-0.2, 0) is 4.74 Å². The number of thioether (sulfide) groups is 1. The van der Waals surface area contributed by atoms with E-state index in [0.717, 1.165) is 25.0 Å². The second kappa shape index (κ2) is 6.87. The summed E-state index contributed by atoms with van der Waals surface area (Å²) in [5.41, 5.74) is 0.282. The predicted molar refractivity (Wildman–Crippen MR) is 73.3 cm³/mol. The Labute approximate surface area is 105 Å². The highest BCUT2D eigenvalue weighted by Crippen LogP contribution is 2.26. The van der Waals surface area contributed by atoms with Gasteiger partial charge in [-0.25, -0.2) is 0 Å². The Morgan fingerprint density at radius 3 is 2.56 bits per heavy atom. The number of ether oxygens (including phenoxy) is 1. The van der Waals surface area contributed by atoms with Crippen molar-refractivity contribution in [2.75, 3.05) is 19.8 Å². The molecule has 2 nitrogen and oxygen atoms in total. The Morgan fingerprint density at radius 1 is 1.38 bits per heavy atom. The van der Waals surface area contributed by atoms with Gasteiger partial charge < -0.3 is 10.1 Å². The highest BCUT2D eigenvalue weighted by atomic mass is 32.2. The van der Waals surface area contributed by atoms with E-state index < -0.39 is 0 Å². The second-order valence-electron chi connectivity index (χ2n) is 5.38. The molecule has 0 spiro atoms. The van der Waals surface area contributed by atoms with Crippen LogP contribution in [0.3, 0.4) is 0 Å². The Hall–Kier alpha value is 0.270. The first-order valence-electron chi connectivity index (χ1n) is 6.52. The van der Waals surface area contributed by atoms with Crippen molar-refractivity contribution < 1.29 is 4.74 Å². The molecule has 96 valence electrons. The van der Waals surface area contributed by atoms with E-state index >= 15 is 0 Å². The molecule has 1 N–H and O–H groups in total. The van der Waals surface area contributed by atoms with Gasteiger partial charge in [0, 0.05) is 35.8 Å².